The molecule has 0 aliphatic heterocycles. The van der Waals surface area contributed by atoms with Crippen LogP contribution in [0.4, 0.5) is 0 Å². The van der Waals surface area contributed by atoms with E-state index < -0.39 is 0 Å². The molecule has 0 aromatic rings. The van der Waals surface area contributed by atoms with Gasteiger partial charge in [0.15, 0.2) is 0 Å². The van der Waals surface area contributed by atoms with E-state index in [0.29, 0.717) is 12.5 Å². The minimum atomic E-state index is 0. The Balaban J connectivity index is 0. The van der Waals surface area contributed by atoms with E-state index in [1.54, 1.807) is 0 Å². The van der Waals surface area contributed by atoms with Crippen molar-refractivity contribution in [1.82, 2.24) is 10.2 Å². The molecular weight excluding hydrogens is 232 g/mol. The molecule has 0 aliphatic rings. The van der Waals surface area contributed by atoms with Crippen LogP contribution in [0.25, 0.3) is 0 Å². The van der Waals surface area contributed by atoms with Gasteiger partial charge in [-0.15, -0.1) is 12.4 Å². The Morgan fingerprint density at radius 1 is 1.53 bits per heavy atom. The van der Waals surface area contributed by atoms with Gasteiger partial charge < -0.3 is 10.2 Å². The highest BCUT2D eigenvalue weighted by molar-refractivity contribution is 7.98. The van der Waals surface area contributed by atoms with Gasteiger partial charge in [0.25, 0.3) is 0 Å². The van der Waals surface area contributed by atoms with E-state index in [-0.39, 0.29) is 18.3 Å². The lowest BCUT2D eigenvalue weighted by Gasteiger charge is -2.24. The number of carbonyl (C=O) groups is 1. The third-order valence-electron chi connectivity index (χ3n) is 2.38. The molecule has 0 fully saturated rings. The summed E-state index contributed by atoms with van der Waals surface area (Å²) in [6.45, 7) is 2.87. The van der Waals surface area contributed by atoms with E-state index in [4.69, 9.17) is 0 Å². The fourth-order valence-corrected chi connectivity index (χ4v) is 1.71. The van der Waals surface area contributed by atoms with Gasteiger partial charge in [-0.2, -0.15) is 11.8 Å². The molecule has 15 heavy (non-hydrogen) atoms. The predicted molar refractivity (Wildman–Crippen MR) is 71.0 cm³/mol. The number of carbonyl (C=O) groups excluding carboxylic acids is 1. The van der Waals surface area contributed by atoms with E-state index in [0.717, 1.165) is 18.7 Å². The molecule has 5 heteroatoms. The lowest BCUT2D eigenvalue weighted by molar-refractivity contribution is -0.131. The SMILES string of the molecule is CNCCC(=O)N(C)C(C)CCSC.Cl. The topological polar surface area (TPSA) is 32.3 Å². The molecule has 0 saturated heterocycles. The van der Waals surface area contributed by atoms with Crippen molar-refractivity contribution >= 4 is 30.1 Å². The number of hydrogen-bond acceptors (Lipinski definition) is 3. The molecule has 1 N–H and O–H groups in total. The molecule has 3 nitrogen and oxygen atoms in total. The number of halogens is 1. The van der Waals surface area contributed by atoms with Gasteiger partial charge in [-0.05, 0) is 32.4 Å². The van der Waals surface area contributed by atoms with Crippen LogP contribution in [0, 0.1) is 0 Å². The van der Waals surface area contributed by atoms with Crippen molar-refractivity contribution in [2.24, 2.45) is 0 Å². The van der Waals surface area contributed by atoms with E-state index in [9.17, 15) is 4.79 Å². The number of rotatable bonds is 7. The summed E-state index contributed by atoms with van der Waals surface area (Å²) in [5, 5.41) is 2.98. The molecule has 0 aromatic carbocycles. The maximum atomic E-state index is 11.6. The second kappa shape index (κ2) is 10.6. The van der Waals surface area contributed by atoms with E-state index in [1.807, 2.05) is 30.8 Å². The van der Waals surface area contributed by atoms with E-state index >= 15 is 0 Å². The second-order valence-corrected chi connectivity index (χ2v) is 4.47. The summed E-state index contributed by atoms with van der Waals surface area (Å²) < 4.78 is 0. The van der Waals surface area contributed by atoms with Gasteiger partial charge in [0.2, 0.25) is 5.91 Å². The number of nitrogens with one attached hydrogen (secondary N) is 1. The molecule has 0 aromatic heterocycles. The lowest BCUT2D eigenvalue weighted by Crippen LogP contribution is -2.36. The zero-order valence-corrected chi connectivity index (χ0v) is 11.7. The highest BCUT2D eigenvalue weighted by Crippen LogP contribution is 2.06. The average molecular weight is 255 g/mol. The molecule has 0 aliphatic carbocycles. The molecular formula is C10H23ClN2OS. The summed E-state index contributed by atoms with van der Waals surface area (Å²) in [7, 11) is 3.76. The molecule has 92 valence electrons. The third-order valence-corrected chi connectivity index (χ3v) is 3.03. The molecule has 0 spiro atoms. The third kappa shape index (κ3) is 7.94. The van der Waals surface area contributed by atoms with Crippen LogP contribution < -0.4 is 5.32 Å². The van der Waals surface area contributed by atoms with Crippen LogP contribution in [0.1, 0.15) is 19.8 Å². The first-order valence-corrected chi connectivity index (χ1v) is 6.42. The predicted octanol–water partition coefficient (Wildman–Crippen LogP) is 1.62. The van der Waals surface area contributed by atoms with Crippen molar-refractivity contribution in [3.63, 3.8) is 0 Å². The Kier molecular flexibility index (Phi) is 12.3. The van der Waals surface area contributed by atoms with E-state index in [1.165, 1.54) is 0 Å². The molecule has 0 heterocycles. The molecule has 1 unspecified atom stereocenters. The molecule has 0 saturated carbocycles. The fourth-order valence-electron chi connectivity index (χ4n) is 1.14. The normalized spacial score (nSPS) is 11.7. The Morgan fingerprint density at radius 3 is 2.60 bits per heavy atom. The Labute approximate surface area is 104 Å². The van der Waals surface area contributed by atoms with Gasteiger partial charge >= 0.3 is 0 Å². The van der Waals surface area contributed by atoms with Crippen LogP contribution in [0.3, 0.4) is 0 Å². The van der Waals surface area contributed by atoms with Crippen molar-refractivity contribution in [1.29, 1.82) is 0 Å². The maximum absolute atomic E-state index is 11.6. The average Bonchev–Trinajstić information content (AvgIpc) is 2.21. The lowest BCUT2D eigenvalue weighted by atomic mass is 10.2. The molecule has 0 bridgehead atoms. The molecule has 0 radical (unpaired) electrons. The first-order chi connectivity index (χ1) is 6.63. The number of hydrogen-bond donors (Lipinski definition) is 1. The van der Waals surface area contributed by atoms with Gasteiger partial charge in [-0.3, -0.25) is 4.79 Å². The second-order valence-electron chi connectivity index (χ2n) is 3.49. The highest BCUT2D eigenvalue weighted by Gasteiger charge is 2.14. The molecule has 1 atom stereocenters. The van der Waals surface area contributed by atoms with Crippen molar-refractivity contribution in [3.05, 3.63) is 0 Å². The minimum Gasteiger partial charge on any atom is -0.343 e. The smallest absolute Gasteiger partial charge is 0.223 e. The van der Waals surface area contributed by atoms with Crippen molar-refractivity contribution in [3.8, 4) is 0 Å². The van der Waals surface area contributed by atoms with Crippen molar-refractivity contribution < 1.29 is 4.79 Å². The summed E-state index contributed by atoms with van der Waals surface area (Å²) in [6, 6.07) is 0.354. The van der Waals surface area contributed by atoms with Gasteiger partial charge in [0.05, 0.1) is 0 Å². The maximum Gasteiger partial charge on any atom is 0.223 e. The monoisotopic (exact) mass is 254 g/mol. The van der Waals surface area contributed by atoms with Gasteiger partial charge in [0, 0.05) is 26.1 Å². The summed E-state index contributed by atoms with van der Waals surface area (Å²) in [5.41, 5.74) is 0. The van der Waals surface area contributed by atoms with Crippen LogP contribution >= 0.6 is 24.2 Å². The van der Waals surface area contributed by atoms with Crippen molar-refractivity contribution in [2.75, 3.05) is 32.6 Å². The van der Waals surface area contributed by atoms with Crippen LogP contribution in [-0.2, 0) is 4.79 Å². The summed E-state index contributed by atoms with van der Waals surface area (Å²) >= 11 is 1.83. The van der Waals surface area contributed by atoms with Crippen LogP contribution in [0.5, 0.6) is 0 Å². The summed E-state index contributed by atoms with van der Waals surface area (Å²) in [6.07, 6.45) is 3.76. The van der Waals surface area contributed by atoms with E-state index in [2.05, 4.69) is 18.5 Å². The van der Waals surface area contributed by atoms with Gasteiger partial charge in [-0.25, -0.2) is 0 Å². The Morgan fingerprint density at radius 2 is 2.13 bits per heavy atom. The van der Waals surface area contributed by atoms with Crippen LogP contribution in [0.2, 0.25) is 0 Å². The highest BCUT2D eigenvalue weighted by atomic mass is 35.5. The number of thioether (sulfide) groups is 1. The molecule has 0 rings (SSSR count). The Bertz CT molecular complexity index is 170. The zero-order chi connectivity index (χ0) is 11.0. The quantitative estimate of drug-likeness (QED) is 0.750. The number of amides is 1. The number of nitrogens with zero attached hydrogens (tertiary/aromatic N) is 1. The van der Waals surface area contributed by atoms with Crippen LogP contribution in [0.15, 0.2) is 0 Å². The summed E-state index contributed by atoms with van der Waals surface area (Å²) in [5.74, 6) is 1.35. The summed E-state index contributed by atoms with van der Waals surface area (Å²) in [4.78, 5) is 13.4. The van der Waals surface area contributed by atoms with Crippen LogP contribution in [-0.4, -0.2) is 49.5 Å². The first kappa shape index (κ1) is 17.5. The largest absolute Gasteiger partial charge is 0.343 e. The fraction of sp³-hybridized carbons (Fsp3) is 0.900. The van der Waals surface area contributed by atoms with Crippen molar-refractivity contribution in [2.45, 2.75) is 25.8 Å². The standard InChI is InChI=1S/C10H22N2OS.ClH/c1-9(6-8-14-4)12(3)10(13)5-7-11-2;/h9,11H,5-8H2,1-4H3;1H. The minimum absolute atomic E-state index is 0. The zero-order valence-electron chi connectivity index (χ0n) is 10.1. The first-order valence-electron chi connectivity index (χ1n) is 5.02. The van der Waals surface area contributed by atoms with Gasteiger partial charge in [-0.1, -0.05) is 0 Å². The molecule has 1 amide bonds. The Hall–Kier alpha value is 0.0700. The van der Waals surface area contributed by atoms with Gasteiger partial charge in [0.1, 0.15) is 0 Å².